The Balaban J connectivity index is 1.16. The van der Waals surface area contributed by atoms with Gasteiger partial charge in [0.15, 0.2) is 0 Å². The summed E-state index contributed by atoms with van der Waals surface area (Å²) in [6.45, 7) is 3.73. The van der Waals surface area contributed by atoms with Crippen LogP contribution in [0.5, 0.6) is 0 Å². The number of halogens is 1. The van der Waals surface area contributed by atoms with E-state index in [2.05, 4.69) is 21.6 Å². The minimum absolute atomic E-state index is 0.126. The molecule has 6 nitrogen and oxygen atoms in total. The highest BCUT2D eigenvalue weighted by Crippen LogP contribution is 2.35. The number of nitrogens with one attached hydrogen (secondary N) is 2. The number of benzene rings is 1. The van der Waals surface area contributed by atoms with Crippen LogP contribution in [0.2, 0.25) is 0 Å². The Morgan fingerprint density at radius 1 is 1.29 bits per heavy atom. The number of amides is 1. The van der Waals surface area contributed by atoms with Crippen LogP contribution < -0.4 is 10.6 Å². The van der Waals surface area contributed by atoms with Crippen LogP contribution in [-0.2, 0) is 16.0 Å². The first-order valence-corrected chi connectivity index (χ1v) is 11.7. The Hall–Kier alpha value is -2.01. The van der Waals surface area contributed by atoms with Gasteiger partial charge in [0.05, 0.1) is 31.4 Å². The third-order valence-corrected chi connectivity index (χ3v) is 7.75. The second kappa shape index (κ2) is 8.85. The lowest BCUT2D eigenvalue weighted by Crippen LogP contribution is -2.51. The van der Waals surface area contributed by atoms with Gasteiger partial charge in [-0.25, -0.2) is 4.39 Å². The number of nitrogens with zero attached hydrogens (tertiary/aromatic N) is 2. The van der Waals surface area contributed by atoms with E-state index < -0.39 is 6.04 Å². The van der Waals surface area contributed by atoms with Gasteiger partial charge in [0, 0.05) is 12.5 Å². The molecule has 2 bridgehead atoms. The molecule has 4 aliphatic rings. The largest absolute Gasteiger partial charge is 0.378 e. The predicted molar refractivity (Wildman–Crippen MR) is 114 cm³/mol. The zero-order valence-electron chi connectivity index (χ0n) is 17.9. The first-order valence-electron chi connectivity index (χ1n) is 11.7. The average Bonchev–Trinajstić information content (AvgIpc) is 3.37. The normalized spacial score (nSPS) is 30.0. The maximum atomic E-state index is 14.9. The molecule has 2 N–H and O–H groups in total. The number of hydrogen-bond acceptors (Lipinski definition) is 5. The summed E-state index contributed by atoms with van der Waals surface area (Å²) in [5, 5.41) is 15.7. The third-order valence-electron chi connectivity index (χ3n) is 7.75. The second-order valence-corrected chi connectivity index (χ2v) is 9.66. The third kappa shape index (κ3) is 4.34. The molecule has 4 atom stereocenters. The molecule has 1 aliphatic carbocycles. The van der Waals surface area contributed by atoms with E-state index in [4.69, 9.17) is 4.74 Å². The predicted octanol–water partition coefficient (Wildman–Crippen LogP) is 2.10. The molecule has 0 unspecified atom stereocenters. The summed E-state index contributed by atoms with van der Waals surface area (Å²) in [6, 6.07) is 7.63. The van der Waals surface area contributed by atoms with Crippen LogP contribution in [0.3, 0.4) is 0 Å². The Morgan fingerprint density at radius 2 is 2.10 bits per heavy atom. The van der Waals surface area contributed by atoms with Crippen molar-refractivity contribution in [2.24, 2.45) is 5.92 Å². The van der Waals surface area contributed by atoms with E-state index in [1.54, 1.807) is 12.1 Å². The van der Waals surface area contributed by atoms with Gasteiger partial charge in [-0.3, -0.25) is 9.69 Å². The average molecular weight is 427 g/mol. The van der Waals surface area contributed by atoms with Gasteiger partial charge < -0.3 is 15.4 Å². The van der Waals surface area contributed by atoms with Gasteiger partial charge in [0.25, 0.3) is 0 Å². The van der Waals surface area contributed by atoms with E-state index in [0.29, 0.717) is 29.5 Å². The van der Waals surface area contributed by atoms with Gasteiger partial charge in [-0.15, -0.1) is 0 Å². The fourth-order valence-electron chi connectivity index (χ4n) is 5.78. The van der Waals surface area contributed by atoms with E-state index in [1.807, 2.05) is 6.07 Å². The van der Waals surface area contributed by atoms with E-state index in [-0.39, 0.29) is 24.2 Å². The molecule has 0 spiro atoms. The minimum atomic E-state index is -0.721. The molecule has 7 heteroatoms. The van der Waals surface area contributed by atoms with Crippen LogP contribution in [0.15, 0.2) is 18.2 Å². The maximum Gasteiger partial charge on any atom is 0.238 e. The molecule has 31 heavy (non-hydrogen) atoms. The van der Waals surface area contributed by atoms with Gasteiger partial charge in [-0.05, 0) is 74.2 Å². The molecule has 1 saturated carbocycles. The van der Waals surface area contributed by atoms with Crippen LogP contribution in [-0.4, -0.2) is 61.3 Å². The smallest absolute Gasteiger partial charge is 0.238 e. The Kier molecular flexibility index (Phi) is 5.96. The lowest BCUT2D eigenvalue weighted by molar-refractivity contribution is -0.124. The number of fused-ring (bicyclic) bond motifs is 2. The summed E-state index contributed by atoms with van der Waals surface area (Å²) in [4.78, 5) is 15.1. The van der Waals surface area contributed by atoms with Crippen LogP contribution in [0, 0.1) is 23.1 Å². The van der Waals surface area contributed by atoms with Crippen molar-refractivity contribution in [1.82, 2.24) is 15.5 Å². The van der Waals surface area contributed by atoms with Gasteiger partial charge in [0.2, 0.25) is 5.91 Å². The molecule has 0 radical (unpaired) electrons. The molecular weight excluding hydrogens is 395 g/mol. The first kappa shape index (κ1) is 20.9. The lowest BCUT2D eigenvalue weighted by atomic mass is 9.87. The fourth-order valence-corrected chi connectivity index (χ4v) is 5.78. The van der Waals surface area contributed by atoms with Crippen molar-refractivity contribution < 1.29 is 13.9 Å². The standard InChI is InChI=1S/C24H31FN4O2/c25-22-11-16(15-5-7-29(8-6-15)21-13-31-14-21)1-2-17(22)9-20(12-26)28-24(30)23-18-3-4-19(10-18)27-23/h1-2,11,15,18-21,23,27H,3-10,13-14H2,(H,28,30)/t18-,19+,20-,23-/m0/s1. The molecule has 3 heterocycles. The minimum Gasteiger partial charge on any atom is -0.378 e. The molecular formula is C24H31FN4O2. The maximum absolute atomic E-state index is 14.9. The Bertz CT molecular complexity index is 860. The first-order chi connectivity index (χ1) is 15.1. The summed E-state index contributed by atoms with van der Waals surface area (Å²) in [5.41, 5.74) is 1.52. The Morgan fingerprint density at radius 3 is 2.68 bits per heavy atom. The second-order valence-electron chi connectivity index (χ2n) is 9.66. The summed E-state index contributed by atoms with van der Waals surface area (Å²) < 4.78 is 20.2. The molecule has 3 saturated heterocycles. The van der Waals surface area contributed by atoms with Crippen molar-refractivity contribution in [1.29, 1.82) is 5.26 Å². The van der Waals surface area contributed by atoms with Gasteiger partial charge >= 0.3 is 0 Å². The van der Waals surface area contributed by atoms with Crippen molar-refractivity contribution in [2.75, 3.05) is 26.3 Å². The molecule has 1 aromatic carbocycles. The zero-order chi connectivity index (χ0) is 21.4. The number of carbonyl (C=O) groups excluding carboxylic acids is 1. The van der Waals surface area contributed by atoms with Crippen LogP contribution in [0.25, 0.3) is 0 Å². The number of rotatable bonds is 6. The summed E-state index contributed by atoms with van der Waals surface area (Å²) in [5.74, 6) is 0.332. The van der Waals surface area contributed by atoms with Gasteiger partial charge in [0.1, 0.15) is 11.9 Å². The number of carbonyl (C=O) groups is 1. The molecule has 1 aromatic rings. The highest BCUT2D eigenvalue weighted by Gasteiger charge is 2.43. The van der Waals surface area contributed by atoms with E-state index >= 15 is 0 Å². The van der Waals surface area contributed by atoms with Crippen molar-refractivity contribution >= 4 is 5.91 Å². The fraction of sp³-hybridized carbons (Fsp3) is 0.667. The quantitative estimate of drug-likeness (QED) is 0.729. The van der Waals surface area contributed by atoms with Gasteiger partial charge in [-0.2, -0.15) is 5.26 Å². The van der Waals surface area contributed by atoms with E-state index in [0.717, 1.165) is 64.0 Å². The van der Waals surface area contributed by atoms with Crippen molar-refractivity contribution in [3.8, 4) is 6.07 Å². The molecule has 166 valence electrons. The number of ether oxygens (including phenoxy) is 1. The summed E-state index contributed by atoms with van der Waals surface area (Å²) >= 11 is 0. The summed E-state index contributed by atoms with van der Waals surface area (Å²) in [6.07, 6.45) is 5.48. The molecule has 5 rings (SSSR count). The number of likely N-dealkylation sites (tertiary alicyclic amines) is 1. The number of piperidine rings is 2. The van der Waals surface area contributed by atoms with Crippen molar-refractivity contribution in [3.05, 3.63) is 35.1 Å². The van der Waals surface area contributed by atoms with Crippen molar-refractivity contribution in [3.63, 3.8) is 0 Å². The Labute approximate surface area is 183 Å². The number of hydrogen-bond donors (Lipinski definition) is 2. The van der Waals surface area contributed by atoms with E-state index in [1.165, 1.54) is 0 Å². The molecule has 0 aromatic heterocycles. The molecule has 3 aliphatic heterocycles. The van der Waals surface area contributed by atoms with Gasteiger partial charge in [-0.1, -0.05) is 12.1 Å². The number of nitriles is 1. The van der Waals surface area contributed by atoms with Crippen molar-refractivity contribution in [2.45, 2.75) is 68.6 Å². The van der Waals surface area contributed by atoms with Crippen LogP contribution in [0.1, 0.15) is 49.1 Å². The zero-order valence-corrected chi connectivity index (χ0v) is 17.9. The molecule has 4 fully saturated rings. The highest BCUT2D eigenvalue weighted by molar-refractivity contribution is 5.83. The monoisotopic (exact) mass is 426 g/mol. The summed E-state index contributed by atoms with van der Waals surface area (Å²) in [7, 11) is 0. The topological polar surface area (TPSA) is 77.4 Å². The lowest BCUT2D eigenvalue weighted by Gasteiger charge is -2.41. The van der Waals surface area contributed by atoms with Crippen LogP contribution >= 0.6 is 0 Å². The SMILES string of the molecule is N#C[C@H](Cc1ccc(C2CCN(C3COC3)CC2)cc1F)NC(=O)[C@H]1N[C@@H]2CC[C@H]1C2. The van der Waals surface area contributed by atoms with Crippen LogP contribution in [0.4, 0.5) is 4.39 Å². The molecule has 1 amide bonds. The van der Waals surface area contributed by atoms with E-state index in [9.17, 15) is 14.4 Å². The highest BCUT2D eigenvalue weighted by atomic mass is 19.1.